The van der Waals surface area contributed by atoms with Crippen molar-refractivity contribution in [3.05, 3.63) is 42.0 Å². The van der Waals surface area contributed by atoms with Crippen molar-refractivity contribution in [2.75, 3.05) is 26.0 Å². The molecule has 1 saturated heterocycles. The third kappa shape index (κ3) is 4.59. The van der Waals surface area contributed by atoms with Crippen LogP contribution in [0.4, 0.5) is 14.9 Å². The standard InChI is InChI=1S/C17H22FN7O2/c1-19-16(26)15-7-14(8-20-15)25-10-13(22-23-25)9-24(2)17(27)21-12-5-3-11(18)4-6-12/h3-6,10,14-15,20H,7-9H2,1-2H3,(H,19,26)(H,21,27)/t14-,15-/m0/s1. The molecule has 1 aromatic heterocycles. The number of amides is 3. The van der Waals surface area contributed by atoms with Gasteiger partial charge in [0.05, 0.1) is 24.8 Å². The quantitative estimate of drug-likeness (QED) is 0.715. The minimum absolute atomic E-state index is 0.0342. The number of nitrogens with zero attached hydrogens (tertiary/aromatic N) is 4. The van der Waals surface area contributed by atoms with Crippen molar-refractivity contribution >= 4 is 17.6 Å². The second-order valence-corrected chi connectivity index (χ2v) is 6.45. The number of urea groups is 1. The van der Waals surface area contributed by atoms with Gasteiger partial charge in [0.1, 0.15) is 11.5 Å². The number of anilines is 1. The van der Waals surface area contributed by atoms with E-state index in [1.54, 1.807) is 25.0 Å². The zero-order valence-electron chi connectivity index (χ0n) is 15.1. The lowest BCUT2D eigenvalue weighted by Gasteiger charge is -2.16. The van der Waals surface area contributed by atoms with Crippen LogP contribution in [0.5, 0.6) is 0 Å². The SMILES string of the molecule is CNC(=O)[C@@H]1C[C@H](n2cc(CN(C)C(=O)Nc3ccc(F)cc3)nn2)CN1. The number of likely N-dealkylation sites (N-methyl/N-ethyl adjacent to an activating group) is 1. The molecule has 0 aliphatic carbocycles. The van der Waals surface area contributed by atoms with Gasteiger partial charge in [0.25, 0.3) is 0 Å². The lowest BCUT2D eigenvalue weighted by Crippen LogP contribution is -2.38. The fourth-order valence-corrected chi connectivity index (χ4v) is 2.92. The predicted octanol–water partition coefficient (Wildman–Crippen LogP) is 0.730. The number of carbonyl (C=O) groups is 2. The maximum absolute atomic E-state index is 12.9. The maximum atomic E-state index is 12.9. The number of hydrogen-bond donors (Lipinski definition) is 3. The fourth-order valence-electron chi connectivity index (χ4n) is 2.92. The van der Waals surface area contributed by atoms with E-state index in [9.17, 15) is 14.0 Å². The van der Waals surface area contributed by atoms with Crippen molar-refractivity contribution in [3.8, 4) is 0 Å². The van der Waals surface area contributed by atoms with Gasteiger partial charge in [-0.1, -0.05) is 5.21 Å². The van der Waals surface area contributed by atoms with Gasteiger partial charge >= 0.3 is 6.03 Å². The van der Waals surface area contributed by atoms with Crippen LogP contribution in [0.1, 0.15) is 18.2 Å². The second-order valence-electron chi connectivity index (χ2n) is 6.45. The first kappa shape index (κ1) is 18.8. The van der Waals surface area contributed by atoms with Crippen LogP contribution < -0.4 is 16.0 Å². The lowest BCUT2D eigenvalue weighted by atomic mass is 10.1. The summed E-state index contributed by atoms with van der Waals surface area (Å²) in [5.41, 5.74) is 1.14. The Balaban J connectivity index is 1.54. The molecule has 9 nitrogen and oxygen atoms in total. The van der Waals surface area contributed by atoms with Crippen molar-refractivity contribution in [1.82, 2.24) is 30.5 Å². The molecule has 27 heavy (non-hydrogen) atoms. The third-order valence-electron chi connectivity index (χ3n) is 4.44. The van der Waals surface area contributed by atoms with E-state index < -0.39 is 0 Å². The highest BCUT2D eigenvalue weighted by Crippen LogP contribution is 2.19. The smallest absolute Gasteiger partial charge is 0.321 e. The summed E-state index contributed by atoms with van der Waals surface area (Å²) in [5, 5.41) is 16.7. The van der Waals surface area contributed by atoms with Crippen LogP contribution in [-0.4, -0.2) is 58.5 Å². The highest BCUT2D eigenvalue weighted by molar-refractivity contribution is 5.89. The number of nitrogens with one attached hydrogen (secondary N) is 3. The summed E-state index contributed by atoms with van der Waals surface area (Å²) in [6.45, 7) is 0.897. The van der Waals surface area contributed by atoms with Gasteiger partial charge in [-0.15, -0.1) is 5.10 Å². The van der Waals surface area contributed by atoms with E-state index in [1.807, 2.05) is 0 Å². The Bertz CT molecular complexity index is 808. The minimum Gasteiger partial charge on any atom is -0.358 e. The highest BCUT2D eigenvalue weighted by Gasteiger charge is 2.30. The molecule has 2 atom stereocenters. The van der Waals surface area contributed by atoms with Gasteiger partial charge in [-0.2, -0.15) is 0 Å². The Morgan fingerprint density at radius 3 is 2.81 bits per heavy atom. The van der Waals surface area contributed by atoms with E-state index in [0.717, 1.165) is 0 Å². The Hall–Kier alpha value is -3.01. The molecular formula is C17H22FN7O2. The fraction of sp³-hybridized carbons (Fsp3) is 0.412. The number of hydrogen-bond acceptors (Lipinski definition) is 5. The summed E-state index contributed by atoms with van der Waals surface area (Å²) in [6, 6.07) is 5.01. The van der Waals surface area contributed by atoms with E-state index in [4.69, 9.17) is 0 Å². The predicted molar refractivity (Wildman–Crippen MR) is 96.4 cm³/mol. The summed E-state index contributed by atoms with van der Waals surface area (Å²) in [4.78, 5) is 25.4. The molecule has 0 saturated carbocycles. The summed E-state index contributed by atoms with van der Waals surface area (Å²) < 4.78 is 14.6. The molecule has 1 aliphatic heterocycles. The second kappa shape index (κ2) is 8.12. The molecule has 3 amide bonds. The molecule has 0 unspecified atom stereocenters. The van der Waals surface area contributed by atoms with Crippen molar-refractivity contribution in [2.45, 2.75) is 25.0 Å². The molecule has 0 spiro atoms. The molecule has 2 aromatic rings. The van der Waals surface area contributed by atoms with Crippen LogP contribution in [0.15, 0.2) is 30.5 Å². The van der Waals surface area contributed by atoms with Crippen molar-refractivity contribution in [2.24, 2.45) is 0 Å². The maximum Gasteiger partial charge on any atom is 0.321 e. The van der Waals surface area contributed by atoms with Crippen LogP contribution in [0, 0.1) is 5.82 Å². The topological polar surface area (TPSA) is 104 Å². The van der Waals surface area contributed by atoms with Crippen LogP contribution >= 0.6 is 0 Å². The van der Waals surface area contributed by atoms with E-state index in [1.165, 1.54) is 29.2 Å². The summed E-state index contributed by atoms with van der Waals surface area (Å²) in [6.07, 6.45) is 2.41. The van der Waals surface area contributed by atoms with Crippen molar-refractivity contribution in [3.63, 3.8) is 0 Å². The zero-order valence-corrected chi connectivity index (χ0v) is 15.1. The van der Waals surface area contributed by atoms with E-state index in [0.29, 0.717) is 24.3 Å². The lowest BCUT2D eigenvalue weighted by molar-refractivity contribution is -0.122. The molecule has 1 aliphatic rings. The first-order valence-corrected chi connectivity index (χ1v) is 8.59. The summed E-state index contributed by atoms with van der Waals surface area (Å²) in [7, 11) is 3.24. The van der Waals surface area contributed by atoms with Crippen LogP contribution in [0.3, 0.4) is 0 Å². The van der Waals surface area contributed by atoms with Crippen LogP contribution in [0.2, 0.25) is 0 Å². The Morgan fingerprint density at radius 2 is 2.11 bits per heavy atom. The van der Waals surface area contributed by atoms with Gasteiger partial charge < -0.3 is 20.9 Å². The van der Waals surface area contributed by atoms with Gasteiger partial charge in [0, 0.05) is 26.3 Å². The molecule has 1 fully saturated rings. The average molecular weight is 375 g/mol. The average Bonchev–Trinajstić information content (AvgIpc) is 3.32. The number of halogens is 1. The van der Waals surface area contributed by atoms with Crippen molar-refractivity contribution < 1.29 is 14.0 Å². The Morgan fingerprint density at radius 1 is 1.37 bits per heavy atom. The normalized spacial score (nSPS) is 18.9. The third-order valence-corrected chi connectivity index (χ3v) is 4.44. The van der Waals surface area contributed by atoms with E-state index in [-0.39, 0.29) is 36.4 Å². The van der Waals surface area contributed by atoms with E-state index >= 15 is 0 Å². The van der Waals surface area contributed by atoms with Gasteiger partial charge in [0.2, 0.25) is 5.91 Å². The number of benzene rings is 1. The molecular weight excluding hydrogens is 353 g/mol. The van der Waals surface area contributed by atoms with Crippen LogP contribution in [-0.2, 0) is 11.3 Å². The number of rotatable bonds is 5. The van der Waals surface area contributed by atoms with Gasteiger partial charge in [0.15, 0.2) is 0 Å². The Labute approximate surface area is 155 Å². The summed E-state index contributed by atoms with van der Waals surface area (Å²) >= 11 is 0. The Kier molecular flexibility index (Phi) is 5.65. The molecule has 1 aromatic carbocycles. The van der Waals surface area contributed by atoms with Gasteiger partial charge in [-0.25, -0.2) is 13.9 Å². The van der Waals surface area contributed by atoms with Crippen molar-refractivity contribution in [1.29, 1.82) is 0 Å². The summed E-state index contributed by atoms with van der Waals surface area (Å²) in [5.74, 6) is -0.409. The monoisotopic (exact) mass is 375 g/mol. The first-order valence-electron chi connectivity index (χ1n) is 8.59. The molecule has 0 bridgehead atoms. The van der Waals surface area contributed by atoms with E-state index in [2.05, 4.69) is 26.3 Å². The van der Waals surface area contributed by atoms with Gasteiger partial charge in [-0.05, 0) is 30.7 Å². The molecule has 144 valence electrons. The molecule has 2 heterocycles. The molecule has 10 heteroatoms. The zero-order chi connectivity index (χ0) is 19.4. The first-order chi connectivity index (χ1) is 13.0. The van der Waals surface area contributed by atoms with Gasteiger partial charge in [-0.3, -0.25) is 4.79 Å². The minimum atomic E-state index is -0.363. The number of aromatic nitrogens is 3. The molecule has 3 N–H and O–H groups in total. The highest BCUT2D eigenvalue weighted by atomic mass is 19.1. The van der Waals surface area contributed by atoms with Crippen LogP contribution in [0.25, 0.3) is 0 Å². The largest absolute Gasteiger partial charge is 0.358 e. The number of carbonyl (C=O) groups excluding carboxylic acids is 2. The molecule has 0 radical (unpaired) electrons. The molecule has 3 rings (SSSR count).